The number of benzene rings is 1. The quantitative estimate of drug-likeness (QED) is 0.545. The SMILES string of the molecule is COCc1cc(CN=C=O)cc(OC)c1. The summed E-state index contributed by atoms with van der Waals surface area (Å²) in [5.74, 6) is 0.737. The third-order valence-electron chi connectivity index (χ3n) is 1.90. The molecule has 0 amide bonds. The number of isocyanates is 1. The van der Waals surface area contributed by atoms with Crippen molar-refractivity contribution in [3.8, 4) is 5.75 Å². The van der Waals surface area contributed by atoms with Crippen LogP contribution >= 0.6 is 0 Å². The number of nitrogens with zero attached hydrogens (tertiary/aromatic N) is 1. The molecule has 0 fully saturated rings. The molecule has 0 saturated heterocycles. The number of carbonyl (C=O) groups excluding carboxylic acids is 1. The van der Waals surface area contributed by atoms with Crippen LogP contribution in [0.3, 0.4) is 0 Å². The molecule has 4 heteroatoms. The minimum atomic E-state index is 0.317. The molecule has 4 nitrogen and oxygen atoms in total. The summed E-state index contributed by atoms with van der Waals surface area (Å²) < 4.78 is 10.1. The first-order valence-electron chi connectivity index (χ1n) is 4.49. The molecule has 0 aromatic heterocycles. The summed E-state index contributed by atoms with van der Waals surface area (Å²) in [5, 5.41) is 0. The fraction of sp³-hybridized carbons (Fsp3) is 0.364. The van der Waals surface area contributed by atoms with Gasteiger partial charge in [-0.05, 0) is 23.3 Å². The summed E-state index contributed by atoms with van der Waals surface area (Å²) in [6, 6.07) is 5.64. The molecule has 15 heavy (non-hydrogen) atoms. The molecule has 0 aliphatic rings. The molecule has 1 aromatic rings. The Morgan fingerprint density at radius 2 is 2.00 bits per heavy atom. The van der Waals surface area contributed by atoms with E-state index in [-0.39, 0.29) is 0 Å². The van der Waals surface area contributed by atoms with Gasteiger partial charge in [-0.25, -0.2) is 9.79 Å². The maximum atomic E-state index is 10.00. The summed E-state index contributed by atoms with van der Waals surface area (Å²) in [6.45, 7) is 0.826. The van der Waals surface area contributed by atoms with Crippen molar-refractivity contribution in [2.24, 2.45) is 4.99 Å². The highest BCUT2D eigenvalue weighted by molar-refractivity contribution is 5.37. The molecule has 0 saturated carbocycles. The van der Waals surface area contributed by atoms with E-state index in [1.807, 2.05) is 18.2 Å². The van der Waals surface area contributed by atoms with Gasteiger partial charge in [0.05, 0.1) is 20.3 Å². The molecule has 0 radical (unpaired) electrons. The van der Waals surface area contributed by atoms with Crippen LogP contribution in [0, 0.1) is 0 Å². The van der Waals surface area contributed by atoms with Crippen LogP contribution in [0.1, 0.15) is 11.1 Å². The molecular formula is C11H13NO3. The lowest BCUT2D eigenvalue weighted by Crippen LogP contribution is -1.93. The molecule has 0 N–H and O–H groups in total. The Morgan fingerprint density at radius 1 is 1.27 bits per heavy atom. The predicted molar refractivity (Wildman–Crippen MR) is 55.5 cm³/mol. The van der Waals surface area contributed by atoms with Gasteiger partial charge in [-0.1, -0.05) is 6.07 Å². The lowest BCUT2D eigenvalue weighted by atomic mass is 10.1. The van der Waals surface area contributed by atoms with Crippen molar-refractivity contribution in [1.82, 2.24) is 0 Å². The fourth-order valence-electron chi connectivity index (χ4n) is 1.31. The van der Waals surface area contributed by atoms with Gasteiger partial charge in [-0.15, -0.1) is 0 Å². The van der Waals surface area contributed by atoms with Gasteiger partial charge in [0.2, 0.25) is 6.08 Å². The molecule has 0 aliphatic heterocycles. The zero-order valence-electron chi connectivity index (χ0n) is 8.82. The van der Waals surface area contributed by atoms with Gasteiger partial charge in [-0.3, -0.25) is 0 Å². The van der Waals surface area contributed by atoms with Crippen molar-refractivity contribution in [3.05, 3.63) is 29.3 Å². The van der Waals surface area contributed by atoms with Crippen molar-refractivity contribution in [1.29, 1.82) is 0 Å². The van der Waals surface area contributed by atoms with E-state index in [0.29, 0.717) is 13.2 Å². The fourth-order valence-corrected chi connectivity index (χ4v) is 1.31. The highest BCUT2D eigenvalue weighted by atomic mass is 16.5. The lowest BCUT2D eigenvalue weighted by Gasteiger charge is -2.06. The summed E-state index contributed by atoms with van der Waals surface area (Å²) in [6.07, 6.45) is 1.51. The molecule has 1 rings (SSSR count). The van der Waals surface area contributed by atoms with E-state index in [2.05, 4.69) is 4.99 Å². The highest BCUT2D eigenvalue weighted by Gasteiger charge is 2.00. The highest BCUT2D eigenvalue weighted by Crippen LogP contribution is 2.18. The summed E-state index contributed by atoms with van der Waals surface area (Å²) in [4.78, 5) is 13.5. The van der Waals surface area contributed by atoms with Crippen LogP contribution < -0.4 is 4.74 Å². The molecule has 0 aliphatic carbocycles. The first kappa shape index (κ1) is 11.4. The van der Waals surface area contributed by atoms with Crippen LogP contribution in [-0.2, 0) is 22.7 Å². The van der Waals surface area contributed by atoms with E-state index in [9.17, 15) is 4.79 Å². The number of ether oxygens (including phenoxy) is 2. The third-order valence-corrected chi connectivity index (χ3v) is 1.90. The van der Waals surface area contributed by atoms with Gasteiger partial charge in [-0.2, -0.15) is 0 Å². The summed E-state index contributed by atoms with van der Waals surface area (Å²) in [7, 11) is 3.22. The first-order chi connectivity index (χ1) is 7.30. The molecule has 0 unspecified atom stereocenters. The minimum Gasteiger partial charge on any atom is -0.497 e. The Morgan fingerprint density at radius 3 is 2.60 bits per heavy atom. The molecule has 0 bridgehead atoms. The summed E-state index contributed by atoms with van der Waals surface area (Å²) in [5.41, 5.74) is 1.90. The Balaban J connectivity index is 2.93. The van der Waals surface area contributed by atoms with Crippen molar-refractivity contribution in [2.75, 3.05) is 14.2 Å². The maximum Gasteiger partial charge on any atom is 0.235 e. The van der Waals surface area contributed by atoms with Gasteiger partial charge in [0.1, 0.15) is 5.75 Å². The second-order valence-electron chi connectivity index (χ2n) is 3.03. The second-order valence-corrected chi connectivity index (χ2v) is 3.03. The number of rotatable bonds is 5. The largest absolute Gasteiger partial charge is 0.497 e. The average Bonchev–Trinajstić information content (AvgIpc) is 2.26. The number of methoxy groups -OCH3 is 2. The predicted octanol–water partition coefficient (Wildman–Crippen LogP) is 1.68. The Hall–Kier alpha value is -1.64. The standard InChI is InChI=1S/C11H13NO3/c1-14-7-10-3-9(6-12-8-13)4-11(5-10)15-2/h3-5H,6-7H2,1-2H3. The lowest BCUT2D eigenvalue weighted by molar-refractivity contribution is 0.184. The second kappa shape index (κ2) is 5.96. The molecular weight excluding hydrogens is 194 g/mol. The Kier molecular flexibility index (Phi) is 4.54. The van der Waals surface area contributed by atoms with Gasteiger partial charge in [0.25, 0.3) is 0 Å². The van der Waals surface area contributed by atoms with Gasteiger partial charge in [0.15, 0.2) is 0 Å². The van der Waals surface area contributed by atoms with Gasteiger partial charge >= 0.3 is 0 Å². The summed E-state index contributed by atoms with van der Waals surface area (Å²) >= 11 is 0. The van der Waals surface area contributed by atoms with E-state index in [1.165, 1.54) is 6.08 Å². The van der Waals surface area contributed by atoms with Crippen molar-refractivity contribution < 1.29 is 14.3 Å². The topological polar surface area (TPSA) is 47.9 Å². The monoisotopic (exact) mass is 207 g/mol. The maximum absolute atomic E-state index is 10.00. The molecule has 0 atom stereocenters. The number of hydrogen-bond acceptors (Lipinski definition) is 4. The van der Waals surface area contributed by atoms with Crippen molar-refractivity contribution in [2.45, 2.75) is 13.2 Å². The van der Waals surface area contributed by atoms with Crippen LogP contribution in [0.25, 0.3) is 0 Å². The minimum absolute atomic E-state index is 0.317. The smallest absolute Gasteiger partial charge is 0.235 e. The van der Waals surface area contributed by atoms with Crippen molar-refractivity contribution >= 4 is 6.08 Å². The van der Waals surface area contributed by atoms with E-state index in [4.69, 9.17) is 9.47 Å². The molecule has 0 heterocycles. The number of aliphatic imine (C=N–C) groups is 1. The van der Waals surface area contributed by atoms with Crippen LogP contribution in [0.2, 0.25) is 0 Å². The molecule has 1 aromatic carbocycles. The molecule has 0 spiro atoms. The van der Waals surface area contributed by atoms with E-state index in [1.54, 1.807) is 14.2 Å². The van der Waals surface area contributed by atoms with Gasteiger partial charge < -0.3 is 9.47 Å². The average molecular weight is 207 g/mol. The van der Waals surface area contributed by atoms with Crippen molar-refractivity contribution in [3.63, 3.8) is 0 Å². The van der Waals surface area contributed by atoms with Gasteiger partial charge in [0, 0.05) is 7.11 Å². The normalized spacial score (nSPS) is 9.47. The Labute approximate surface area is 88.5 Å². The van der Waals surface area contributed by atoms with Crippen LogP contribution in [0.5, 0.6) is 5.75 Å². The zero-order valence-corrected chi connectivity index (χ0v) is 8.82. The van der Waals surface area contributed by atoms with E-state index >= 15 is 0 Å². The van der Waals surface area contributed by atoms with Crippen LogP contribution in [-0.4, -0.2) is 20.3 Å². The van der Waals surface area contributed by atoms with E-state index in [0.717, 1.165) is 16.9 Å². The third kappa shape index (κ3) is 3.54. The van der Waals surface area contributed by atoms with E-state index < -0.39 is 0 Å². The first-order valence-corrected chi connectivity index (χ1v) is 4.49. The Bertz CT molecular complexity index is 370. The van der Waals surface area contributed by atoms with Crippen LogP contribution in [0.15, 0.2) is 23.2 Å². The van der Waals surface area contributed by atoms with Crippen LogP contribution in [0.4, 0.5) is 0 Å². The number of hydrogen-bond donors (Lipinski definition) is 0. The molecule has 80 valence electrons. The zero-order chi connectivity index (χ0) is 11.1.